The van der Waals surface area contributed by atoms with Crippen molar-refractivity contribution in [2.24, 2.45) is 0 Å². The van der Waals surface area contributed by atoms with Gasteiger partial charge in [-0.15, -0.1) is 11.3 Å². The van der Waals surface area contributed by atoms with Crippen LogP contribution in [0, 0.1) is 0 Å². The van der Waals surface area contributed by atoms with Gasteiger partial charge in [-0.3, -0.25) is 4.79 Å². The lowest BCUT2D eigenvalue weighted by molar-refractivity contribution is -0.131. The van der Waals surface area contributed by atoms with Gasteiger partial charge >= 0.3 is 0 Å². The number of piperazine rings is 1. The summed E-state index contributed by atoms with van der Waals surface area (Å²) in [6.45, 7) is 5.32. The Morgan fingerprint density at radius 1 is 1.18 bits per heavy atom. The second-order valence-corrected chi connectivity index (χ2v) is 11.5. The highest BCUT2D eigenvalue weighted by atomic mass is 79.9. The van der Waals surface area contributed by atoms with E-state index in [-0.39, 0.29) is 18.4 Å². The Morgan fingerprint density at radius 2 is 1.89 bits per heavy atom. The number of halogens is 1. The van der Waals surface area contributed by atoms with E-state index in [1.165, 1.54) is 15.6 Å². The van der Waals surface area contributed by atoms with Gasteiger partial charge in [0.1, 0.15) is 9.96 Å². The highest BCUT2D eigenvalue weighted by molar-refractivity contribution is 9.11. The number of benzene rings is 1. The van der Waals surface area contributed by atoms with Gasteiger partial charge in [0.2, 0.25) is 5.91 Å². The van der Waals surface area contributed by atoms with Crippen molar-refractivity contribution in [2.45, 2.75) is 30.6 Å². The lowest BCUT2D eigenvalue weighted by atomic mass is 10.1. The van der Waals surface area contributed by atoms with Crippen LogP contribution in [0.25, 0.3) is 0 Å². The van der Waals surface area contributed by atoms with Crippen molar-refractivity contribution in [3.05, 3.63) is 45.7 Å². The minimum Gasteiger partial charge on any atom is -0.491 e. The Kier molecular flexibility index (Phi) is 6.80. The minimum absolute atomic E-state index is 0.00221. The number of sulfonamides is 1. The fourth-order valence-electron chi connectivity index (χ4n) is 3.03. The van der Waals surface area contributed by atoms with Crippen molar-refractivity contribution in [2.75, 3.05) is 26.2 Å². The van der Waals surface area contributed by atoms with Crippen LogP contribution in [0.15, 0.2) is 44.4 Å². The van der Waals surface area contributed by atoms with E-state index in [4.69, 9.17) is 4.74 Å². The SMILES string of the molecule is CC(C)Oc1cccc(CC(=O)N2CCN(S(=O)(=O)c3ccc(Br)s3)CC2)c1. The summed E-state index contributed by atoms with van der Waals surface area (Å²) in [4.78, 5) is 14.4. The molecule has 1 amide bonds. The Morgan fingerprint density at radius 3 is 2.50 bits per heavy atom. The molecule has 6 nitrogen and oxygen atoms in total. The first-order valence-electron chi connectivity index (χ1n) is 9.04. The van der Waals surface area contributed by atoms with Gasteiger partial charge in [-0.05, 0) is 59.6 Å². The van der Waals surface area contributed by atoms with Crippen LogP contribution in [0.2, 0.25) is 0 Å². The Bertz CT molecular complexity index is 935. The molecule has 1 aromatic carbocycles. The van der Waals surface area contributed by atoms with Gasteiger partial charge in [0.05, 0.1) is 16.3 Å². The first-order valence-corrected chi connectivity index (χ1v) is 12.1. The molecule has 0 unspecified atom stereocenters. The number of rotatable bonds is 6. The van der Waals surface area contributed by atoms with E-state index in [2.05, 4.69) is 15.9 Å². The van der Waals surface area contributed by atoms with Crippen LogP contribution in [0.3, 0.4) is 0 Å². The molecule has 2 aromatic rings. The Labute approximate surface area is 178 Å². The van der Waals surface area contributed by atoms with E-state index in [0.29, 0.717) is 30.4 Å². The number of thiophene rings is 1. The summed E-state index contributed by atoms with van der Waals surface area (Å²) >= 11 is 4.50. The molecule has 0 aliphatic carbocycles. The predicted molar refractivity (Wildman–Crippen MR) is 113 cm³/mol. The first-order chi connectivity index (χ1) is 13.3. The summed E-state index contributed by atoms with van der Waals surface area (Å²) in [5.74, 6) is 0.746. The lowest BCUT2D eigenvalue weighted by Crippen LogP contribution is -2.50. The van der Waals surface area contributed by atoms with Crippen LogP contribution in [-0.2, 0) is 21.2 Å². The van der Waals surface area contributed by atoms with E-state index >= 15 is 0 Å². The topological polar surface area (TPSA) is 66.9 Å². The molecule has 3 rings (SSSR count). The monoisotopic (exact) mass is 486 g/mol. The average Bonchev–Trinajstić information content (AvgIpc) is 3.09. The second kappa shape index (κ2) is 8.94. The van der Waals surface area contributed by atoms with Gasteiger partial charge < -0.3 is 9.64 Å². The van der Waals surface area contributed by atoms with Crippen LogP contribution in [0.5, 0.6) is 5.75 Å². The molecular weight excluding hydrogens is 464 g/mol. The molecule has 0 radical (unpaired) electrons. The Hall–Kier alpha value is -1.42. The lowest BCUT2D eigenvalue weighted by Gasteiger charge is -2.33. The smallest absolute Gasteiger partial charge is 0.252 e. The Balaban J connectivity index is 1.58. The molecule has 0 N–H and O–H groups in total. The molecule has 0 bridgehead atoms. The molecular formula is C19H23BrN2O4S2. The summed E-state index contributed by atoms with van der Waals surface area (Å²) in [5.41, 5.74) is 0.890. The van der Waals surface area contributed by atoms with Crippen molar-refractivity contribution >= 4 is 43.2 Å². The van der Waals surface area contributed by atoms with Crippen LogP contribution in [0.4, 0.5) is 0 Å². The summed E-state index contributed by atoms with van der Waals surface area (Å²) in [7, 11) is -3.50. The average molecular weight is 487 g/mol. The van der Waals surface area contributed by atoms with Gasteiger partial charge in [-0.25, -0.2) is 8.42 Å². The molecule has 1 aliphatic rings. The van der Waals surface area contributed by atoms with Crippen molar-refractivity contribution < 1.29 is 17.9 Å². The van der Waals surface area contributed by atoms with Gasteiger partial charge in [0.15, 0.2) is 0 Å². The zero-order valence-corrected chi connectivity index (χ0v) is 19.0. The molecule has 9 heteroatoms. The second-order valence-electron chi connectivity index (χ2n) is 6.83. The molecule has 0 saturated carbocycles. The molecule has 152 valence electrons. The highest BCUT2D eigenvalue weighted by Gasteiger charge is 2.31. The largest absolute Gasteiger partial charge is 0.491 e. The molecule has 2 heterocycles. The standard InChI is InChI=1S/C19H23BrN2O4S2/c1-14(2)26-16-5-3-4-15(12-16)13-18(23)21-8-10-22(11-9-21)28(24,25)19-7-6-17(20)27-19/h3-7,12,14H,8-11,13H2,1-2H3. The van der Waals surface area contributed by atoms with Gasteiger partial charge in [0, 0.05) is 26.2 Å². The van der Waals surface area contributed by atoms with Crippen molar-refractivity contribution in [3.8, 4) is 5.75 Å². The number of ether oxygens (including phenoxy) is 1. The van der Waals surface area contributed by atoms with E-state index in [1.54, 1.807) is 17.0 Å². The molecule has 1 saturated heterocycles. The van der Waals surface area contributed by atoms with Gasteiger partial charge in [-0.2, -0.15) is 4.31 Å². The third-order valence-corrected chi connectivity index (χ3v) is 8.35. The van der Waals surface area contributed by atoms with Crippen LogP contribution < -0.4 is 4.74 Å². The quantitative estimate of drug-likeness (QED) is 0.627. The number of nitrogens with zero attached hydrogens (tertiary/aromatic N) is 2. The number of amides is 1. The van der Waals surface area contributed by atoms with Crippen LogP contribution >= 0.6 is 27.3 Å². The molecule has 1 aliphatic heterocycles. The third kappa shape index (κ3) is 5.14. The zero-order chi connectivity index (χ0) is 20.3. The molecule has 1 fully saturated rings. The molecule has 1 aromatic heterocycles. The first kappa shape index (κ1) is 21.3. The predicted octanol–water partition coefficient (Wildman–Crippen LogP) is 3.37. The zero-order valence-electron chi connectivity index (χ0n) is 15.8. The maximum Gasteiger partial charge on any atom is 0.252 e. The maximum atomic E-state index is 12.7. The van der Waals surface area contributed by atoms with Gasteiger partial charge in [0.25, 0.3) is 10.0 Å². The molecule has 28 heavy (non-hydrogen) atoms. The van der Waals surface area contributed by atoms with Crippen molar-refractivity contribution in [1.82, 2.24) is 9.21 Å². The summed E-state index contributed by atoms with van der Waals surface area (Å²) in [5, 5.41) is 0. The number of carbonyl (C=O) groups is 1. The molecule has 0 atom stereocenters. The van der Waals surface area contributed by atoms with E-state index in [9.17, 15) is 13.2 Å². The van der Waals surface area contributed by atoms with Crippen LogP contribution in [-0.4, -0.2) is 55.8 Å². The number of hydrogen-bond donors (Lipinski definition) is 0. The highest BCUT2D eigenvalue weighted by Crippen LogP contribution is 2.29. The minimum atomic E-state index is -3.50. The van der Waals surface area contributed by atoms with E-state index in [0.717, 1.165) is 15.1 Å². The normalized spacial score (nSPS) is 15.8. The number of hydrogen-bond acceptors (Lipinski definition) is 5. The summed E-state index contributed by atoms with van der Waals surface area (Å²) in [6, 6.07) is 10.9. The maximum absolute atomic E-state index is 12.7. The molecule has 0 spiro atoms. The fourth-order valence-corrected chi connectivity index (χ4v) is 6.62. The van der Waals surface area contributed by atoms with Crippen LogP contribution in [0.1, 0.15) is 19.4 Å². The summed E-state index contributed by atoms with van der Waals surface area (Å²) < 4.78 is 33.6. The van der Waals surface area contributed by atoms with Crippen molar-refractivity contribution in [1.29, 1.82) is 0 Å². The van der Waals surface area contributed by atoms with Gasteiger partial charge in [-0.1, -0.05) is 12.1 Å². The van der Waals surface area contributed by atoms with Crippen molar-refractivity contribution in [3.63, 3.8) is 0 Å². The number of carbonyl (C=O) groups excluding carboxylic acids is 1. The van der Waals surface area contributed by atoms with E-state index in [1.807, 2.05) is 38.1 Å². The fraction of sp³-hybridized carbons (Fsp3) is 0.421. The van der Waals surface area contributed by atoms with E-state index < -0.39 is 10.0 Å². The summed E-state index contributed by atoms with van der Waals surface area (Å²) in [6.07, 6.45) is 0.352. The third-order valence-electron chi connectivity index (χ3n) is 4.36.